The number of rotatable bonds is 0. The van der Waals surface area contributed by atoms with Crippen LogP contribution in [0.2, 0.25) is 0 Å². The van der Waals surface area contributed by atoms with E-state index in [2.05, 4.69) is 25.3 Å². The van der Waals surface area contributed by atoms with E-state index in [1.807, 2.05) is 0 Å². The summed E-state index contributed by atoms with van der Waals surface area (Å²) in [7, 11) is 0. The largest absolute Gasteiger partial charge is 0.376 e. The zero-order chi connectivity index (χ0) is 8.55. The standard InChI is InChI=1S/C10H16OS/c1-7-5-8(2)10-9(6-7)11-3-4-12-10/h8-10H,1,3-6H2,2H3. The predicted molar refractivity (Wildman–Crippen MR) is 53.5 cm³/mol. The summed E-state index contributed by atoms with van der Waals surface area (Å²) in [5.74, 6) is 1.94. The zero-order valence-electron chi connectivity index (χ0n) is 7.58. The first kappa shape index (κ1) is 8.64. The fraction of sp³-hybridized carbons (Fsp3) is 0.800. The molecule has 3 unspecified atom stereocenters. The second kappa shape index (κ2) is 3.43. The molecule has 68 valence electrons. The van der Waals surface area contributed by atoms with E-state index in [1.54, 1.807) is 0 Å². The lowest BCUT2D eigenvalue weighted by Gasteiger charge is -2.40. The molecule has 2 heteroatoms. The molecule has 12 heavy (non-hydrogen) atoms. The quantitative estimate of drug-likeness (QED) is 0.535. The minimum absolute atomic E-state index is 0.472. The maximum atomic E-state index is 5.74. The molecule has 1 aliphatic heterocycles. The van der Waals surface area contributed by atoms with Crippen molar-refractivity contribution in [2.24, 2.45) is 5.92 Å². The molecule has 0 aromatic rings. The van der Waals surface area contributed by atoms with Crippen molar-refractivity contribution in [2.75, 3.05) is 12.4 Å². The molecule has 3 atom stereocenters. The molecule has 2 fully saturated rings. The SMILES string of the molecule is C=C1CC(C)C2SCCOC2C1. The first-order valence-corrected chi connectivity index (χ1v) is 5.72. The smallest absolute Gasteiger partial charge is 0.0733 e. The van der Waals surface area contributed by atoms with Crippen molar-refractivity contribution in [1.82, 2.24) is 0 Å². The third kappa shape index (κ3) is 1.55. The van der Waals surface area contributed by atoms with Gasteiger partial charge in [-0.05, 0) is 18.8 Å². The van der Waals surface area contributed by atoms with Crippen LogP contribution in [0.1, 0.15) is 19.8 Å². The molecule has 0 spiro atoms. The molecule has 0 bridgehead atoms. The highest BCUT2D eigenvalue weighted by Gasteiger charge is 2.35. The van der Waals surface area contributed by atoms with Crippen molar-refractivity contribution >= 4 is 11.8 Å². The summed E-state index contributed by atoms with van der Waals surface area (Å²) < 4.78 is 5.74. The highest BCUT2D eigenvalue weighted by molar-refractivity contribution is 8.00. The summed E-state index contributed by atoms with van der Waals surface area (Å²) in [5, 5.41) is 0.740. The maximum absolute atomic E-state index is 5.74. The van der Waals surface area contributed by atoms with Crippen molar-refractivity contribution in [1.29, 1.82) is 0 Å². The maximum Gasteiger partial charge on any atom is 0.0733 e. The summed E-state index contributed by atoms with van der Waals surface area (Å²) >= 11 is 2.09. The minimum atomic E-state index is 0.472. The van der Waals surface area contributed by atoms with Gasteiger partial charge in [-0.2, -0.15) is 11.8 Å². The first-order valence-electron chi connectivity index (χ1n) is 4.67. The highest BCUT2D eigenvalue weighted by atomic mass is 32.2. The van der Waals surface area contributed by atoms with Gasteiger partial charge in [-0.3, -0.25) is 0 Å². The molecule has 0 amide bonds. The molecule has 2 rings (SSSR count). The Kier molecular flexibility index (Phi) is 2.47. The van der Waals surface area contributed by atoms with E-state index in [9.17, 15) is 0 Å². The van der Waals surface area contributed by atoms with Crippen molar-refractivity contribution in [3.8, 4) is 0 Å². The van der Waals surface area contributed by atoms with Crippen LogP contribution >= 0.6 is 11.8 Å². The van der Waals surface area contributed by atoms with Crippen LogP contribution in [0.4, 0.5) is 0 Å². The first-order chi connectivity index (χ1) is 5.77. The van der Waals surface area contributed by atoms with Crippen molar-refractivity contribution < 1.29 is 4.74 Å². The highest BCUT2D eigenvalue weighted by Crippen LogP contribution is 2.39. The zero-order valence-corrected chi connectivity index (χ0v) is 8.40. The van der Waals surface area contributed by atoms with E-state index < -0.39 is 0 Å². The van der Waals surface area contributed by atoms with Gasteiger partial charge in [0, 0.05) is 11.0 Å². The Hall–Kier alpha value is 0.0500. The molecule has 1 saturated carbocycles. The molecule has 1 aliphatic carbocycles. The van der Waals surface area contributed by atoms with Crippen LogP contribution < -0.4 is 0 Å². The Morgan fingerprint density at radius 1 is 1.50 bits per heavy atom. The van der Waals surface area contributed by atoms with Gasteiger partial charge in [0.15, 0.2) is 0 Å². The summed E-state index contributed by atoms with van der Waals surface area (Å²) in [6.45, 7) is 7.33. The van der Waals surface area contributed by atoms with Crippen LogP contribution in [-0.2, 0) is 4.74 Å². The molecule has 0 radical (unpaired) electrons. The van der Waals surface area contributed by atoms with Gasteiger partial charge in [0.2, 0.25) is 0 Å². The summed E-state index contributed by atoms with van der Waals surface area (Å²) in [4.78, 5) is 0. The average molecular weight is 184 g/mol. The Balaban J connectivity index is 2.06. The monoisotopic (exact) mass is 184 g/mol. The van der Waals surface area contributed by atoms with Crippen LogP contribution in [0.25, 0.3) is 0 Å². The molecule has 0 N–H and O–H groups in total. The number of fused-ring (bicyclic) bond motifs is 1. The number of hydrogen-bond donors (Lipinski definition) is 0. The van der Waals surface area contributed by atoms with Crippen LogP contribution in [0.5, 0.6) is 0 Å². The lowest BCUT2D eigenvalue weighted by Crippen LogP contribution is -2.40. The lowest BCUT2D eigenvalue weighted by atomic mass is 9.85. The van der Waals surface area contributed by atoms with E-state index in [1.165, 1.54) is 17.7 Å². The fourth-order valence-corrected chi connectivity index (χ4v) is 3.51. The number of thioether (sulfide) groups is 1. The molecule has 0 aromatic carbocycles. The molecular formula is C10H16OS. The van der Waals surface area contributed by atoms with Crippen molar-refractivity contribution in [3.63, 3.8) is 0 Å². The van der Waals surface area contributed by atoms with Crippen molar-refractivity contribution in [2.45, 2.75) is 31.1 Å². The van der Waals surface area contributed by atoms with Crippen LogP contribution in [0.3, 0.4) is 0 Å². The van der Waals surface area contributed by atoms with Gasteiger partial charge in [0.25, 0.3) is 0 Å². The van der Waals surface area contributed by atoms with Gasteiger partial charge in [-0.1, -0.05) is 19.1 Å². The second-order valence-corrected chi connectivity index (χ2v) is 5.17. The predicted octanol–water partition coefficient (Wildman–Crippen LogP) is 2.47. The third-order valence-electron chi connectivity index (χ3n) is 2.75. The Morgan fingerprint density at radius 2 is 2.33 bits per heavy atom. The van der Waals surface area contributed by atoms with Crippen LogP contribution in [-0.4, -0.2) is 23.7 Å². The summed E-state index contributed by atoms with van der Waals surface area (Å²) in [5.41, 5.74) is 1.38. The van der Waals surface area contributed by atoms with Gasteiger partial charge in [0.1, 0.15) is 0 Å². The normalized spacial score (nSPS) is 42.4. The summed E-state index contributed by atoms with van der Waals surface area (Å²) in [6, 6.07) is 0. The van der Waals surface area contributed by atoms with E-state index in [-0.39, 0.29) is 0 Å². The van der Waals surface area contributed by atoms with Gasteiger partial charge in [-0.15, -0.1) is 0 Å². The molecule has 2 aliphatic rings. The Morgan fingerprint density at radius 3 is 3.17 bits per heavy atom. The summed E-state index contributed by atoms with van der Waals surface area (Å²) in [6.07, 6.45) is 2.78. The van der Waals surface area contributed by atoms with Gasteiger partial charge >= 0.3 is 0 Å². The third-order valence-corrected chi connectivity index (χ3v) is 4.31. The van der Waals surface area contributed by atoms with Gasteiger partial charge < -0.3 is 4.74 Å². The molecule has 1 saturated heterocycles. The topological polar surface area (TPSA) is 9.23 Å². The van der Waals surface area contributed by atoms with Crippen LogP contribution in [0, 0.1) is 5.92 Å². The molecule has 1 heterocycles. The average Bonchev–Trinajstić information content (AvgIpc) is 2.04. The molecule has 1 nitrogen and oxygen atoms in total. The lowest BCUT2D eigenvalue weighted by molar-refractivity contribution is 0.0361. The minimum Gasteiger partial charge on any atom is -0.376 e. The second-order valence-electron chi connectivity index (χ2n) is 3.88. The van der Waals surface area contributed by atoms with Crippen molar-refractivity contribution in [3.05, 3.63) is 12.2 Å². The Bertz CT molecular complexity index is 190. The van der Waals surface area contributed by atoms with E-state index >= 15 is 0 Å². The van der Waals surface area contributed by atoms with E-state index in [4.69, 9.17) is 4.74 Å². The Labute approximate surface area is 78.6 Å². The molecular weight excluding hydrogens is 168 g/mol. The van der Waals surface area contributed by atoms with E-state index in [0.717, 1.165) is 24.2 Å². The van der Waals surface area contributed by atoms with Gasteiger partial charge in [-0.25, -0.2) is 0 Å². The van der Waals surface area contributed by atoms with Gasteiger partial charge in [0.05, 0.1) is 12.7 Å². The number of ether oxygens (including phenoxy) is 1. The fourth-order valence-electron chi connectivity index (χ4n) is 2.23. The molecule has 0 aromatic heterocycles. The number of hydrogen-bond acceptors (Lipinski definition) is 2. The van der Waals surface area contributed by atoms with Crippen LogP contribution in [0.15, 0.2) is 12.2 Å². The van der Waals surface area contributed by atoms with E-state index in [0.29, 0.717) is 6.10 Å².